The third-order valence-corrected chi connectivity index (χ3v) is 4.19. The first-order valence-corrected chi connectivity index (χ1v) is 7.54. The summed E-state index contributed by atoms with van der Waals surface area (Å²) in [5.41, 5.74) is 2.50. The Labute approximate surface area is 144 Å². The first kappa shape index (κ1) is 16.0. The van der Waals surface area contributed by atoms with E-state index in [0.717, 1.165) is 30.8 Å². The zero-order valence-corrected chi connectivity index (χ0v) is 13.7. The van der Waals surface area contributed by atoms with Gasteiger partial charge < -0.3 is 9.84 Å². The van der Waals surface area contributed by atoms with Crippen LogP contribution in [0.5, 0.6) is 0 Å². The van der Waals surface area contributed by atoms with Crippen molar-refractivity contribution in [3.8, 4) is 23.0 Å². The van der Waals surface area contributed by atoms with E-state index in [2.05, 4.69) is 25.7 Å². The van der Waals surface area contributed by atoms with Crippen molar-refractivity contribution in [2.75, 3.05) is 13.1 Å². The van der Waals surface area contributed by atoms with Crippen LogP contribution in [0, 0.1) is 0 Å². The highest BCUT2D eigenvalue weighted by Crippen LogP contribution is 2.28. The fourth-order valence-electron chi connectivity index (χ4n) is 2.65. The van der Waals surface area contributed by atoms with E-state index in [1.165, 1.54) is 0 Å². The van der Waals surface area contributed by atoms with Crippen molar-refractivity contribution >= 4 is 24.0 Å². The monoisotopic (exact) mass is 351 g/mol. The molecule has 0 bridgehead atoms. The number of aromatic nitrogens is 4. The van der Waals surface area contributed by atoms with Gasteiger partial charge in [0.2, 0.25) is 5.82 Å². The smallest absolute Gasteiger partial charge is 0.278 e. The second-order valence-electron chi connectivity index (χ2n) is 5.30. The molecule has 6 nitrogen and oxygen atoms in total. The van der Waals surface area contributed by atoms with Gasteiger partial charge in [0.25, 0.3) is 5.89 Å². The van der Waals surface area contributed by atoms with Crippen LogP contribution in [0.3, 0.4) is 0 Å². The molecule has 0 radical (unpaired) electrons. The Morgan fingerprint density at radius 2 is 2.13 bits per heavy atom. The van der Waals surface area contributed by atoms with Crippen molar-refractivity contribution in [2.45, 2.75) is 12.3 Å². The van der Waals surface area contributed by atoms with Gasteiger partial charge in [-0.3, -0.25) is 5.10 Å². The molecule has 1 aliphatic rings. The third kappa shape index (κ3) is 3.10. The van der Waals surface area contributed by atoms with Gasteiger partial charge >= 0.3 is 0 Å². The van der Waals surface area contributed by atoms with E-state index in [0.29, 0.717) is 28.3 Å². The predicted octanol–water partition coefficient (Wildman–Crippen LogP) is 3.28. The van der Waals surface area contributed by atoms with Crippen molar-refractivity contribution < 1.29 is 4.52 Å². The normalized spacial score (nSPS) is 17.2. The standard InChI is InChI=1S/C15H14ClN5O.ClH/c16-11-4-2-1-3-10(11)14-18-15(22-21-14)13-7-12(19-20-13)9-5-6-17-8-9;/h1-4,7,9,17H,5-6,8H2,(H,19,20);1H. The molecule has 1 saturated heterocycles. The molecule has 1 aromatic carbocycles. The first-order valence-electron chi connectivity index (χ1n) is 7.16. The largest absolute Gasteiger partial charge is 0.332 e. The Kier molecular flexibility index (Phi) is 4.66. The van der Waals surface area contributed by atoms with Crippen LogP contribution in [0.1, 0.15) is 18.0 Å². The maximum atomic E-state index is 6.15. The molecule has 0 spiro atoms. The van der Waals surface area contributed by atoms with E-state index < -0.39 is 0 Å². The van der Waals surface area contributed by atoms with Crippen molar-refractivity contribution in [3.63, 3.8) is 0 Å². The second kappa shape index (κ2) is 6.70. The van der Waals surface area contributed by atoms with Crippen LogP contribution in [0.15, 0.2) is 34.9 Å². The lowest BCUT2D eigenvalue weighted by Gasteiger charge is -2.02. The molecule has 3 aromatic rings. The fraction of sp³-hybridized carbons (Fsp3) is 0.267. The first-order chi connectivity index (χ1) is 10.8. The van der Waals surface area contributed by atoms with Gasteiger partial charge in [0.05, 0.1) is 5.02 Å². The molecule has 1 fully saturated rings. The lowest BCUT2D eigenvalue weighted by molar-refractivity contribution is 0.431. The number of H-pyrrole nitrogens is 1. The number of rotatable bonds is 3. The molecule has 2 aromatic heterocycles. The molecule has 1 atom stereocenters. The number of halogens is 2. The van der Waals surface area contributed by atoms with E-state index in [1.807, 2.05) is 24.3 Å². The SMILES string of the molecule is Cl.Clc1ccccc1-c1noc(-c2cc(C3CCNC3)[nH]n2)n1. The average molecular weight is 352 g/mol. The molecule has 23 heavy (non-hydrogen) atoms. The highest BCUT2D eigenvalue weighted by atomic mass is 35.5. The molecule has 4 rings (SSSR count). The van der Waals surface area contributed by atoms with Crippen molar-refractivity contribution in [3.05, 3.63) is 41.0 Å². The Morgan fingerprint density at radius 1 is 1.26 bits per heavy atom. The Hall–Kier alpha value is -1.89. The van der Waals surface area contributed by atoms with Gasteiger partial charge in [0, 0.05) is 23.7 Å². The van der Waals surface area contributed by atoms with E-state index in [4.69, 9.17) is 16.1 Å². The Bertz CT molecular complexity index is 795. The van der Waals surface area contributed by atoms with Crippen LogP contribution in [-0.2, 0) is 0 Å². The fourth-order valence-corrected chi connectivity index (χ4v) is 2.88. The van der Waals surface area contributed by atoms with Gasteiger partial charge in [-0.25, -0.2) is 0 Å². The van der Waals surface area contributed by atoms with Crippen LogP contribution in [0.4, 0.5) is 0 Å². The molecule has 3 heterocycles. The van der Waals surface area contributed by atoms with Gasteiger partial charge in [-0.2, -0.15) is 10.1 Å². The summed E-state index contributed by atoms with van der Waals surface area (Å²) >= 11 is 6.15. The molecule has 120 valence electrons. The van der Waals surface area contributed by atoms with Gasteiger partial charge in [0.15, 0.2) is 5.69 Å². The van der Waals surface area contributed by atoms with Gasteiger partial charge in [-0.15, -0.1) is 12.4 Å². The summed E-state index contributed by atoms with van der Waals surface area (Å²) in [5.74, 6) is 1.32. The van der Waals surface area contributed by atoms with Crippen molar-refractivity contribution in [1.29, 1.82) is 0 Å². The second-order valence-corrected chi connectivity index (χ2v) is 5.71. The maximum Gasteiger partial charge on any atom is 0.278 e. The van der Waals surface area contributed by atoms with Gasteiger partial charge in [-0.1, -0.05) is 28.9 Å². The lowest BCUT2D eigenvalue weighted by Crippen LogP contribution is -2.08. The molecule has 1 unspecified atom stereocenters. The minimum absolute atomic E-state index is 0. The summed E-state index contributed by atoms with van der Waals surface area (Å²) < 4.78 is 5.32. The summed E-state index contributed by atoms with van der Waals surface area (Å²) in [4.78, 5) is 4.39. The predicted molar refractivity (Wildman–Crippen MR) is 89.8 cm³/mol. The number of nitrogens with zero attached hydrogens (tertiary/aromatic N) is 3. The summed E-state index contributed by atoms with van der Waals surface area (Å²) in [7, 11) is 0. The molecule has 0 amide bonds. The van der Waals surface area contributed by atoms with Crippen LogP contribution in [0.2, 0.25) is 5.02 Å². The molecule has 2 N–H and O–H groups in total. The van der Waals surface area contributed by atoms with E-state index >= 15 is 0 Å². The summed E-state index contributed by atoms with van der Waals surface area (Å²) in [6, 6.07) is 9.38. The van der Waals surface area contributed by atoms with Crippen LogP contribution < -0.4 is 5.32 Å². The third-order valence-electron chi connectivity index (χ3n) is 3.86. The summed E-state index contributed by atoms with van der Waals surface area (Å²) in [6.07, 6.45) is 1.11. The summed E-state index contributed by atoms with van der Waals surface area (Å²) in [5, 5.41) is 15.3. The molecule has 8 heteroatoms. The molecular formula is C15H15Cl2N5O. The quantitative estimate of drug-likeness (QED) is 0.756. The minimum Gasteiger partial charge on any atom is -0.332 e. The number of aromatic amines is 1. The van der Waals surface area contributed by atoms with Gasteiger partial charge in [0.1, 0.15) is 0 Å². The zero-order chi connectivity index (χ0) is 14.9. The average Bonchev–Trinajstić information content (AvgIpc) is 3.27. The highest BCUT2D eigenvalue weighted by molar-refractivity contribution is 6.33. The van der Waals surface area contributed by atoms with Crippen molar-refractivity contribution in [1.82, 2.24) is 25.7 Å². The number of hydrogen-bond donors (Lipinski definition) is 2. The Balaban J connectivity index is 0.00000156. The minimum atomic E-state index is 0. The molecule has 0 saturated carbocycles. The van der Waals surface area contributed by atoms with Crippen LogP contribution >= 0.6 is 24.0 Å². The number of nitrogens with one attached hydrogen (secondary N) is 2. The molecule has 1 aliphatic heterocycles. The topological polar surface area (TPSA) is 79.6 Å². The number of benzene rings is 1. The lowest BCUT2D eigenvalue weighted by atomic mass is 10.1. The molecular weight excluding hydrogens is 337 g/mol. The van der Waals surface area contributed by atoms with E-state index in [9.17, 15) is 0 Å². The summed E-state index contributed by atoms with van der Waals surface area (Å²) in [6.45, 7) is 2.01. The van der Waals surface area contributed by atoms with Gasteiger partial charge in [-0.05, 0) is 31.2 Å². The van der Waals surface area contributed by atoms with Crippen LogP contribution in [-0.4, -0.2) is 33.4 Å². The number of hydrogen-bond acceptors (Lipinski definition) is 5. The Morgan fingerprint density at radius 3 is 2.91 bits per heavy atom. The van der Waals surface area contributed by atoms with Crippen LogP contribution in [0.25, 0.3) is 23.0 Å². The highest BCUT2D eigenvalue weighted by Gasteiger charge is 2.21. The van der Waals surface area contributed by atoms with E-state index in [-0.39, 0.29) is 12.4 Å². The van der Waals surface area contributed by atoms with E-state index in [1.54, 1.807) is 6.07 Å². The van der Waals surface area contributed by atoms with Crippen molar-refractivity contribution in [2.24, 2.45) is 0 Å². The zero-order valence-electron chi connectivity index (χ0n) is 12.1. The molecule has 0 aliphatic carbocycles. The maximum absolute atomic E-state index is 6.15.